The van der Waals surface area contributed by atoms with Crippen molar-refractivity contribution in [3.05, 3.63) is 29.8 Å². The lowest BCUT2D eigenvalue weighted by Crippen LogP contribution is -2.07. The van der Waals surface area contributed by atoms with Crippen LogP contribution < -0.4 is 4.74 Å². The van der Waals surface area contributed by atoms with Crippen molar-refractivity contribution >= 4 is 5.97 Å². The Morgan fingerprint density at radius 3 is 2.53 bits per heavy atom. The summed E-state index contributed by atoms with van der Waals surface area (Å²) in [5.41, 5.74) is 0.868. The van der Waals surface area contributed by atoms with Crippen LogP contribution in [0.2, 0.25) is 0 Å². The topological polar surface area (TPSA) is 55.8 Å². The highest BCUT2D eigenvalue weighted by Crippen LogP contribution is 2.19. The molecule has 1 atom stereocenters. The monoisotopic (exact) mass is 238 g/mol. The third-order valence-electron chi connectivity index (χ3n) is 2.45. The Morgan fingerprint density at radius 2 is 2.00 bits per heavy atom. The summed E-state index contributed by atoms with van der Waals surface area (Å²) in [4.78, 5) is 10.8. The van der Waals surface area contributed by atoms with Crippen molar-refractivity contribution in [2.45, 2.75) is 25.9 Å². The first-order valence-electron chi connectivity index (χ1n) is 5.65. The summed E-state index contributed by atoms with van der Waals surface area (Å²) < 4.78 is 9.87. The van der Waals surface area contributed by atoms with Gasteiger partial charge in [0.25, 0.3) is 0 Å². The summed E-state index contributed by atoms with van der Waals surface area (Å²) in [6, 6.07) is 7.21. The average molecular weight is 238 g/mol. The van der Waals surface area contributed by atoms with Gasteiger partial charge in [0.05, 0.1) is 26.2 Å². The lowest BCUT2D eigenvalue weighted by molar-refractivity contribution is -0.141. The van der Waals surface area contributed by atoms with Crippen LogP contribution in [0.4, 0.5) is 0 Å². The Bertz CT molecular complexity index is 345. The van der Waals surface area contributed by atoms with Crippen LogP contribution in [-0.2, 0) is 9.53 Å². The van der Waals surface area contributed by atoms with E-state index in [1.807, 2.05) is 19.1 Å². The van der Waals surface area contributed by atoms with E-state index in [0.717, 1.165) is 5.56 Å². The second-order valence-corrected chi connectivity index (χ2v) is 3.67. The molecule has 0 aliphatic heterocycles. The Kier molecular flexibility index (Phi) is 5.49. The molecule has 0 heterocycles. The Morgan fingerprint density at radius 1 is 1.35 bits per heavy atom. The molecule has 0 aliphatic rings. The summed E-state index contributed by atoms with van der Waals surface area (Å²) in [6.45, 7) is 2.22. The number of esters is 1. The number of hydrogen-bond donors (Lipinski definition) is 1. The Balaban J connectivity index is 2.43. The van der Waals surface area contributed by atoms with Crippen molar-refractivity contribution in [3.63, 3.8) is 0 Å². The molecule has 17 heavy (non-hydrogen) atoms. The highest BCUT2D eigenvalue weighted by atomic mass is 16.5. The van der Waals surface area contributed by atoms with Crippen molar-refractivity contribution in [2.24, 2.45) is 0 Å². The second kappa shape index (κ2) is 6.91. The molecule has 4 nitrogen and oxygen atoms in total. The molecule has 0 aliphatic carbocycles. The fourth-order valence-electron chi connectivity index (χ4n) is 1.38. The van der Waals surface area contributed by atoms with Crippen LogP contribution in [0, 0.1) is 0 Å². The number of aliphatic hydroxyl groups is 1. The maximum Gasteiger partial charge on any atom is 0.308 e. The van der Waals surface area contributed by atoms with Crippen LogP contribution in [0.5, 0.6) is 5.75 Å². The van der Waals surface area contributed by atoms with Gasteiger partial charge in [0, 0.05) is 0 Å². The van der Waals surface area contributed by atoms with Crippen LogP contribution in [-0.4, -0.2) is 24.8 Å². The molecule has 0 bridgehead atoms. The Labute approximate surface area is 101 Å². The van der Waals surface area contributed by atoms with Gasteiger partial charge in [0.15, 0.2) is 0 Å². The molecule has 94 valence electrons. The molecule has 0 saturated heterocycles. The number of rotatable bonds is 6. The minimum Gasteiger partial charge on any atom is -0.493 e. The molecule has 1 aromatic carbocycles. The normalized spacial score (nSPS) is 11.9. The maximum atomic E-state index is 10.8. The van der Waals surface area contributed by atoms with E-state index in [0.29, 0.717) is 18.8 Å². The van der Waals surface area contributed by atoms with E-state index in [1.165, 1.54) is 7.11 Å². The lowest BCUT2D eigenvalue weighted by atomic mass is 10.1. The molecule has 1 N–H and O–H groups in total. The van der Waals surface area contributed by atoms with E-state index in [2.05, 4.69) is 4.74 Å². The Hall–Kier alpha value is -1.55. The van der Waals surface area contributed by atoms with Gasteiger partial charge in [-0.1, -0.05) is 19.1 Å². The van der Waals surface area contributed by atoms with Gasteiger partial charge >= 0.3 is 5.97 Å². The summed E-state index contributed by atoms with van der Waals surface area (Å²) >= 11 is 0. The average Bonchev–Trinajstić information content (AvgIpc) is 2.38. The number of aliphatic hydroxyl groups excluding tert-OH is 1. The lowest BCUT2D eigenvalue weighted by Gasteiger charge is -2.09. The van der Waals surface area contributed by atoms with Gasteiger partial charge in [-0.2, -0.15) is 0 Å². The number of methoxy groups -OCH3 is 1. The molecule has 0 amide bonds. The first-order valence-corrected chi connectivity index (χ1v) is 5.65. The highest BCUT2D eigenvalue weighted by molar-refractivity contribution is 5.69. The van der Waals surface area contributed by atoms with Crippen molar-refractivity contribution in [1.82, 2.24) is 0 Å². The van der Waals surface area contributed by atoms with Crippen LogP contribution in [0.15, 0.2) is 24.3 Å². The van der Waals surface area contributed by atoms with E-state index < -0.39 is 6.10 Å². The smallest absolute Gasteiger partial charge is 0.308 e. The van der Waals surface area contributed by atoms with Crippen molar-refractivity contribution in [2.75, 3.05) is 13.7 Å². The standard InChI is InChI=1S/C13H18O4/c1-3-12(14)10-4-6-11(7-5-10)17-9-8-13(15)16-2/h4-7,12,14H,3,8-9H2,1-2H3/t12-/m1/s1. The van der Waals surface area contributed by atoms with Crippen LogP contribution in [0.3, 0.4) is 0 Å². The molecule has 4 heteroatoms. The maximum absolute atomic E-state index is 10.8. The van der Waals surface area contributed by atoms with Crippen molar-refractivity contribution in [3.8, 4) is 5.75 Å². The summed E-state index contributed by atoms with van der Waals surface area (Å²) in [5, 5.41) is 9.60. The molecule has 0 spiro atoms. The van der Waals surface area contributed by atoms with E-state index in [-0.39, 0.29) is 12.4 Å². The van der Waals surface area contributed by atoms with Gasteiger partial charge in [-0.25, -0.2) is 0 Å². The molecule has 1 aromatic rings. The van der Waals surface area contributed by atoms with E-state index in [4.69, 9.17) is 4.74 Å². The fourth-order valence-corrected chi connectivity index (χ4v) is 1.38. The molecule has 0 unspecified atom stereocenters. The zero-order chi connectivity index (χ0) is 12.7. The molecular formula is C13H18O4. The van der Waals surface area contributed by atoms with E-state index >= 15 is 0 Å². The minimum absolute atomic E-state index is 0.232. The van der Waals surface area contributed by atoms with Gasteiger partial charge in [0.1, 0.15) is 5.75 Å². The van der Waals surface area contributed by atoms with Crippen LogP contribution in [0.25, 0.3) is 0 Å². The first-order chi connectivity index (χ1) is 8.17. The summed E-state index contributed by atoms with van der Waals surface area (Å²) in [6.07, 6.45) is 0.484. The third-order valence-corrected chi connectivity index (χ3v) is 2.45. The molecule has 0 saturated carbocycles. The number of hydrogen-bond acceptors (Lipinski definition) is 4. The van der Waals surface area contributed by atoms with Gasteiger partial charge in [-0.3, -0.25) is 4.79 Å². The van der Waals surface area contributed by atoms with Crippen molar-refractivity contribution < 1.29 is 19.4 Å². The highest BCUT2D eigenvalue weighted by Gasteiger charge is 2.05. The molecular weight excluding hydrogens is 220 g/mol. The first kappa shape index (κ1) is 13.5. The predicted octanol–water partition coefficient (Wildman–Crippen LogP) is 2.07. The van der Waals surface area contributed by atoms with Crippen LogP contribution >= 0.6 is 0 Å². The molecule has 0 fully saturated rings. The summed E-state index contributed by atoms with van der Waals surface area (Å²) in [7, 11) is 1.35. The zero-order valence-corrected chi connectivity index (χ0v) is 10.2. The van der Waals surface area contributed by atoms with Gasteiger partial charge in [-0.05, 0) is 24.1 Å². The van der Waals surface area contributed by atoms with Gasteiger partial charge in [-0.15, -0.1) is 0 Å². The molecule has 0 radical (unpaired) electrons. The fraction of sp³-hybridized carbons (Fsp3) is 0.462. The number of benzene rings is 1. The van der Waals surface area contributed by atoms with Crippen LogP contribution in [0.1, 0.15) is 31.4 Å². The third kappa shape index (κ3) is 4.44. The van der Waals surface area contributed by atoms with Gasteiger partial charge in [0.2, 0.25) is 0 Å². The van der Waals surface area contributed by atoms with Gasteiger partial charge < -0.3 is 14.6 Å². The number of carbonyl (C=O) groups excluding carboxylic acids is 1. The predicted molar refractivity (Wildman–Crippen MR) is 63.8 cm³/mol. The van der Waals surface area contributed by atoms with E-state index in [1.54, 1.807) is 12.1 Å². The minimum atomic E-state index is -0.431. The SMILES string of the molecule is CC[C@@H](O)c1ccc(OCCC(=O)OC)cc1. The largest absolute Gasteiger partial charge is 0.493 e. The molecule has 0 aromatic heterocycles. The zero-order valence-electron chi connectivity index (χ0n) is 10.2. The van der Waals surface area contributed by atoms with Crippen molar-refractivity contribution in [1.29, 1.82) is 0 Å². The van der Waals surface area contributed by atoms with E-state index in [9.17, 15) is 9.90 Å². The second-order valence-electron chi connectivity index (χ2n) is 3.67. The number of carbonyl (C=O) groups is 1. The summed E-state index contributed by atoms with van der Waals surface area (Å²) in [5.74, 6) is 0.393. The number of ether oxygens (including phenoxy) is 2. The quantitative estimate of drug-likeness (QED) is 0.771. The molecule has 1 rings (SSSR count).